The van der Waals surface area contributed by atoms with Crippen molar-refractivity contribution in [2.24, 2.45) is 0 Å². The molecule has 4 rings (SSSR count). The smallest absolute Gasteiger partial charge is 0.276 e. The maximum atomic E-state index is 13.3. The third kappa shape index (κ3) is 4.91. The number of piperidine rings is 1. The van der Waals surface area contributed by atoms with Gasteiger partial charge in [-0.05, 0) is 30.5 Å². The second-order valence-corrected chi connectivity index (χ2v) is 7.24. The average molecular weight is 423 g/mol. The van der Waals surface area contributed by atoms with E-state index in [9.17, 15) is 14.0 Å². The largest absolute Gasteiger partial charge is 0.336 e. The van der Waals surface area contributed by atoms with Crippen molar-refractivity contribution in [3.8, 4) is 0 Å². The van der Waals surface area contributed by atoms with Crippen LogP contribution < -0.4 is 5.32 Å². The maximum Gasteiger partial charge on any atom is 0.276 e. The van der Waals surface area contributed by atoms with Crippen LogP contribution in [-0.4, -0.2) is 75.4 Å². The number of carbonyl (C=O) groups is 2. The van der Waals surface area contributed by atoms with Gasteiger partial charge in [0.1, 0.15) is 5.82 Å². The molecule has 8 nitrogen and oxygen atoms in total. The molecule has 0 radical (unpaired) electrons. The van der Waals surface area contributed by atoms with E-state index in [2.05, 4.69) is 15.6 Å². The van der Waals surface area contributed by atoms with Gasteiger partial charge in [-0.15, -0.1) is 17.5 Å². The first kappa shape index (κ1) is 21.2. The van der Waals surface area contributed by atoms with E-state index in [4.69, 9.17) is 0 Å². The summed E-state index contributed by atoms with van der Waals surface area (Å²) in [6.07, 6.45) is 3.35. The third-order valence-electron chi connectivity index (χ3n) is 5.24. The Hall–Kier alpha value is -2.52. The van der Waals surface area contributed by atoms with Crippen molar-refractivity contribution in [1.82, 2.24) is 30.1 Å². The molecule has 1 aromatic carbocycles. The summed E-state index contributed by atoms with van der Waals surface area (Å²) in [5.74, 6) is -0.403. The van der Waals surface area contributed by atoms with Gasteiger partial charge in [-0.25, -0.2) is 9.07 Å². The Labute approximate surface area is 174 Å². The number of rotatable bonds is 4. The molecule has 0 spiro atoms. The zero-order valence-corrected chi connectivity index (χ0v) is 16.8. The highest BCUT2D eigenvalue weighted by atomic mass is 35.5. The summed E-state index contributed by atoms with van der Waals surface area (Å²) in [5, 5.41) is 11.1. The molecule has 10 heteroatoms. The molecule has 2 aliphatic heterocycles. The SMILES string of the molecule is Cl.O=C(c1cn(Cc2cccc(F)c2)nn1)N1CCCC(N2CCNCC2=O)C1. The lowest BCUT2D eigenvalue weighted by Gasteiger charge is -2.40. The van der Waals surface area contributed by atoms with E-state index in [0.717, 1.165) is 24.9 Å². The summed E-state index contributed by atoms with van der Waals surface area (Å²) >= 11 is 0. The number of hydrogen-bond acceptors (Lipinski definition) is 5. The van der Waals surface area contributed by atoms with Crippen LogP contribution in [0.5, 0.6) is 0 Å². The summed E-state index contributed by atoms with van der Waals surface area (Å²) < 4.78 is 14.9. The van der Waals surface area contributed by atoms with E-state index in [1.807, 2.05) is 4.90 Å². The van der Waals surface area contributed by atoms with E-state index in [1.54, 1.807) is 23.2 Å². The number of amides is 2. The first-order chi connectivity index (χ1) is 13.6. The van der Waals surface area contributed by atoms with Gasteiger partial charge in [0, 0.05) is 32.2 Å². The predicted molar refractivity (Wildman–Crippen MR) is 106 cm³/mol. The lowest BCUT2D eigenvalue weighted by atomic mass is 10.0. The van der Waals surface area contributed by atoms with Crippen LogP contribution in [0.2, 0.25) is 0 Å². The highest BCUT2D eigenvalue weighted by Gasteiger charge is 2.32. The summed E-state index contributed by atoms with van der Waals surface area (Å²) in [5.41, 5.74) is 1.02. The predicted octanol–water partition coefficient (Wildman–Crippen LogP) is 0.924. The van der Waals surface area contributed by atoms with Crippen LogP contribution in [0.1, 0.15) is 28.9 Å². The fourth-order valence-corrected chi connectivity index (χ4v) is 3.86. The van der Waals surface area contributed by atoms with Gasteiger partial charge in [-0.1, -0.05) is 17.3 Å². The Bertz CT molecular complexity index is 876. The Morgan fingerprint density at radius 3 is 2.97 bits per heavy atom. The van der Waals surface area contributed by atoms with E-state index in [0.29, 0.717) is 32.7 Å². The summed E-state index contributed by atoms with van der Waals surface area (Å²) in [4.78, 5) is 28.6. The van der Waals surface area contributed by atoms with Gasteiger partial charge in [0.05, 0.1) is 19.3 Å². The monoisotopic (exact) mass is 422 g/mol. The molecule has 2 saturated heterocycles. The van der Waals surface area contributed by atoms with Crippen molar-refractivity contribution >= 4 is 24.2 Å². The fraction of sp³-hybridized carbons (Fsp3) is 0.474. The minimum atomic E-state index is -0.310. The number of aromatic nitrogens is 3. The molecule has 1 atom stereocenters. The molecule has 0 saturated carbocycles. The maximum absolute atomic E-state index is 13.3. The Morgan fingerprint density at radius 1 is 1.31 bits per heavy atom. The molecule has 2 aliphatic rings. The van der Waals surface area contributed by atoms with E-state index >= 15 is 0 Å². The summed E-state index contributed by atoms with van der Waals surface area (Å²) in [7, 11) is 0. The zero-order chi connectivity index (χ0) is 19.5. The molecule has 1 aromatic heterocycles. The number of benzene rings is 1. The van der Waals surface area contributed by atoms with Gasteiger partial charge < -0.3 is 15.1 Å². The number of carbonyl (C=O) groups excluding carboxylic acids is 2. The Morgan fingerprint density at radius 2 is 2.17 bits per heavy atom. The van der Waals surface area contributed by atoms with Crippen molar-refractivity contribution in [1.29, 1.82) is 0 Å². The van der Waals surface area contributed by atoms with Crippen molar-refractivity contribution in [2.75, 3.05) is 32.7 Å². The zero-order valence-electron chi connectivity index (χ0n) is 16.0. The number of halogens is 2. The Kier molecular flexibility index (Phi) is 6.81. The van der Waals surface area contributed by atoms with Crippen LogP contribution in [-0.2, 0) is 11.3 Å². The van der Waals surface area contributed by atoms with Gasteiger partial charge >= 0.3 is 0 Å². The van der Waals surface area contributed by atoms with E-state index in [1.165, 1.54) is 16.8 Å². The molecule has 2 amide bonds. The molecule has 3 heterocycles. The topological polar surface area (TPSA) is 83.4 Å². The van der Waals surface area contributed by atoms with Gasteiger partial charge in [0.2, 0.25) is 5.91 Å². The van der Waals surface area contributed by atoms with Crippen molar-refractivity contribution in [3.63, 3.8) is 0 Å². The number of likely N-dealkylation sites (tertiary alicyclic amines) is 1. The van der Waals surface area contributed by atoms with Crippen molar-refractivity contribution in [2.45, 2.75) is 25.4 Å². The first-order valence-corrected chi connectivity index (χ1v) is 9.54. The molecule has 156 valence electrons. The molecular formula is C19H24ClFN6O2. The molecule has 1 unspecified atom stereocenters. The van der Waals surface area contributed by atoms with Gasteiger partial charge in [-0.2, -0.15) is 0 Å². The molecule has 1 N–H and O–H groups in total. The normalized spacial score (nSPS) is 19.8. The highest BCUT2D eigenvalue weighted by molar-refractivity contribution is 5.92. The lowest BCUT2D eigenvalue weighted by Crippen LogP contribution is -2.57. The molecular weight excluding hydrogens is 399 g/mol. The third-order valence-corrected chi connectivity index (χ3v) is 5.24. The van der Waals surface area contributed by atoms with E-state index in [-0.39, 0.29) is 41.8 Å². The molecule has 0 aliphatic carbocycles. The quantitative estimate of drug-likeness (QED) is 0.792. The van der Waals surface area contributed by atoms with Crippen LogP contribution in [0.3, 0.4) is 0 Å². The fourth-order valence-electron chi connectivity index (χ4n) is 3.86. The number of nitrogens with zero attached hydrogens (tertiary/aromatic N) is 5. The summed E-state index contributed by atoms with van der Waals surface area (Å²) in [6.45, 7) is 3.32. The minimum Gasteiger partial charge on any atom is -0.336 e. The molecule has 2 fully saturated rings. The van der Waals surface area contributed by atoms with Crippen molar-refractivity contribution < 1.29 is 14.0 Å². The summed E-state index contributed by atoms with van der Waals surface area (Å²) in [6, 6.07) is 6.30. The molecule has 0 bridgehead atoms. The first-order valence-electron chi connectivity index (χ1n) is 9.54. The van der Waals surface area contributed by atoms with Gasteiger partial charge in [0.15, 0.2) is 5.69 Å². The highest BCUT2D eigenvalue weighted by Crippen LogP contribution is 2.18. The Balaban J connectivity index is 0.00000240. The number of hydrogen-bond donors (Lipinski definition) is 1. The number of piperazine rings is 1. The van der Waals surface area contributed by atoms with Crippen LogP contribution >= 0.6 is 12.4 Å². The van der Waals surface area contributed by atoms with Crippen LogP contribution in [0, 0.1) is 5.82 Å². The second kappa shape index (κ2) is 9.32. The van der Waals surface area contributed by atoms with Crippen molar-refractivity contribution in [3.05, 3.63) is 47.5 Å². The van der Waals surface area contributed by atoms with Crippen LogP contribution in [0.15, 0.2) is 30.5 Å². The standard InChI is InChI=1S/C19H23FN6O2.ClH/c20-15-4-1-3-14(9-15)11-25-13-17(22-23-25)19(28)24-7-2-5-16(12-24)26-8-6-21-10-18(26)27;/h1,3-4,9,13,16,21H,2,5-8,10-12H2;1H. The second-order valence-electron chi connectivity index (χ2n) is 7.24. The average Bonchev–Trinajstić information content (AvgIpc) is 3.16. The van der Waals surface area contributed by atoms with Gasteiger partial charge in [0.25, 0.3) is 5.91 Å². The molecule has 29 heavy (non-hydrogen) atoms. The van der Waals surface area contributed by atoms with Crippen LogP contribution in [0.4, 0.5) is 4.39 Å². The lowest BCUT2D eigenvalue weighted by molar-refractivity contribution is -0.135. The van der Waals surface area contributed by atoms with Gasteiger partial charge in [-0.3, -0.25) is 9.59 Å². The number of nitrogens with one attached hydrogen (secondary N) is 1. The van der Waals surface area contributed by atoms with Crippen LogP contribution in [0.25, 0.3) is 0 Å². The minimum absolute atomic E-state index is 0. The van der Waals surface area contributed by atoms with E-state index < -0.39 is 0 Å². The molecule has 2 aromatic rings.